The van der Waals surface area contributed by atoms with Crippen molar-refractivity contribution in [3.05, 3.63) is 76.6 Å². The molecule has 1 amide bonds. The highest BCUT2D eigenvalue weighted by Gasteiger charge is 2.22. The number of anilines is 1. The molecule has 0 fully saturated rings. The van der Waals surface area contributed by atoms with Gasteiger partial charge in [0.1, 0.15) is 5.82 Å². The summed E-state index contributed by atoms with van der Waals surface area (Å²) in [6.07, 6.45) is 3.87. The highest BCUT2D eigenvalue weighted by Crippen LogP contribution is 2.30. The van der Waals surface area contributed by atoms with Gasteiger partial charge in [-0.2, -0.15) is 4.98 Å². The molecule has 0 unspecified atom stereocenters. The second-order valence-corrected chi connectivity index (χ2v) is 8.75. The van der Waals surface area contributed by atoms with E-state index < -0.39 is 13.0 Å². The standard InChI is InChI=1S/C25H27BN6O3/c27-13-17-12-20-18(23(28)33)8-4-10-22(20)32(17)25-30-21-9-2-1-7-19(21)24(31-25)29-14-15-5-3-6-16(11-15)26(34)35/h3-6,8,10-12,34-35H,1-2,7,9,13-14,27H2,(H2,28,33)(H,29,30,31). The Morgan fingerprint density at radius 3 is 2.66 bits per heavy atom. The van der Waals surface area contributed by atoms with E-state index in [2.05, 4.69) is 5.32 Å². The molecular formula is C25H27BN6O3. The molecule has 0 atom stereocenters. The van der Waals surface area contributed by atoms with Crippen molar-refractivity contribution in [3.63, 3.8) is 0 Å². The summed E-state index contributed by atoms with van der Waals surface area (Å²) in [4.78, 5) is 21.8. The van der Waals surface area contributed by atoms with E-state index in [1.165, 1.54) is 0 Å². The van der Waals surface area contributed by atoms with Crippen LogP contribution in [-0.2, 0) is 25.9 Å². The first-order valence-electron chi connectivity index (χ1n) is 11.7. The second-order valence-electron chi connectivity index (χ2n) is 8.75. The van der Waals surface area contributed by atoms with Crippen molar-refractivity contribution >= 4 is 35.2 Å². The summed E-state index contributed by atoms with van der Waals surface area (Å²) in [5.74, 6) is 0.737. The van der Waals surface area contributed by atoms with Crippen LogP contribution in [-0.4, -0.2) is 37.6 Å². The first-order chi connectivity index (χ1) is 17.0. The van der Waals surface area contributed by atoms with Gasteiger partial charge in [-0.1, -0.05) is 30.3 Å². The number of aromatic nitrogens is 3. The number of hydrogen-bond donors (Lipinski definition) is 5. The average Bonchev–Trinajstić information content (AvgIpc) is 3.26. The lowest BCUT2D eigenvalue weighted by molar-refractivity contribution is 0.100. The Morgan fingerprint density at radius 1 is 1.09 bits per heavy atom. The van der Waals surface area contributed by atoms with E-state index in [0.717, 1.165) is 64.9 Å². The van der Waals surface area contributed by atoms with Crippen LogP contribution in [0.2, 0.25) is 0 Å². The predicted octanol–water partition coefficient (Wildman–Crippen LogP) is 1.15. The summed E-state index contributed by atoms with van der Waals surface area (Å²) in [5, 5.41) is 23.1. The SMILES string of the molecule is NCc1cc2c(C(N)=O)cccc2n1-c1nc2c(c(NCc3cccc(B(O)O)c3)n1)CCCC2. The maximum Gasteiger partial charge on any atom is 0.488 e. The monoisotopic (exact) mass is 470 g/mol. The minimum Gasteiger partial charge on any atom is -0.423 e. The summed E-state index contributed by atoms with van der Waals surface area (Å²) in [7, 11) is -1.52. The van der Waals surface area contributed by atoms with Crippen LogP contribution in [0.15, 0.2) is 48.5 Å². The van der Waals surface area contributed by atoms with Crippen molar-refractivity contribution < 1.29 is 14.8 Å². The third kappa shape index (κ3) is 4.39. The van der Waals surface area contributed by atoms with Crippen LogP contribution in [0.4, 0.5) is 5.82 Å². The van der Waals surface area contributed by atoms with Crippen LogP contribution in [0.1, 0.15) is 45.7 Å². The lowest BCUT2D eigenvalue weighted by atomic mass is 9.79. The number of nitrogens with zero attached hydrogens (tertiary/aromatic N) is 3. The number of primary amides is 1. The van der Waals surface area contributed by atoms with Crippen molar-refractivity contribution in [1.82, 2.24) is 14.5 Å². The number of hydrogen-bond acceptors (Lipinski definition) is 7. The van der Waals surface area contributed by atoms with Crippen molar-refractivity contribution in [3.8, 4) is 5.95 Å². The number of nitrogens with two attached hydrogens (primary N) is 2. The minimum absolute atomic E-state index is 0.242. The third-order valence-corrected chi connectivity index (χ3v) is 6.48. The fourth-order valence-corrected chi connectivity index (χ4v) is 4.76. The fourth-order valence-electron chi connectivity index (χ4n) is 4.76. The number of fused-ring (bicyclic) bond motifs is 2. The van der Waals surface area contributed by atoms with Gasteiger partial charge in [0.2, 0.25) is 11.9 Å². The average molecular weight is 470 g/mol. The zero-order valence-electron chi connectivity index (χ0n) is 19.2. The number of carbonyl (C=O) groups excluding carboxylic acids is 1. The normalized spacial score (nSPS) is 13.0. The lowest BCUT2D eigenvalue weighted by Crippen LogP contribution is -2.30. The van der Waals surface area contributed by atoms with Gasteiger partial charge < -0.3 is 26.8 Å². The fraction of sp³-hybridized carbons (Fsp3) is 0.240. The quantitative estimate of drug-likeness (QED) is 0.254. The van der Waals surface area contributed by atoms with Gasteiger partial charge in [-0.15, -0.1) is 0 Å². The predicted molar refractivity (Wildman–Crippen MR) is 136 cm³/mol. The molecule has 0 saturated carbocycles. The van der Waals surface area contributed by atoms with Crippen LogP contribution in [0.3, 0.4) is 0 Å². The number of aryl methyl sites for hydroxylation is 1. The molecule has 7 N–H and O–H groups in total. The second kappa shape index (κ2) is 9.49. The van der Waals surface area contributed by atoms with Crippen molar-refractivity contribution in [1.29, 1.82) is 0 Å². The molecule has 4 aromatic rings. The van der Waals surface area contributed by atoms with E-state index in [4.69, 9.17) is 21.4 Å². The summed E-state index contributed by atoms with van der Waals surface area (Å²) in [6, 6.07) is 14.4. The maximum atomic E-state index is 12.0. The van der Waals surface area contributed by atoms with Gasteiger partial charge in [-0.05, 0) is 54.9 Å². The van der Waals surface area contributed by atoms with Gasteiger partial charge in [0, 0.05) is 35.3 Å². The molecule has 0 spiro atoms. The van der Waals surface area contributed by atoms with Gasteiger partial charge in [0.25, 0.3) is 0 Å². The molecule has 35 heavy (non-hydrogen) atoms. The lowest BCUT2D eigenvalue weighted by Gasteiger charge is -2.21. The Kier molecular flexibility index (Phi) is 6.25. The third-order valence-electron chi connectivity index (χ3n) is 6.48. The Hall–Kier alpha value is -3.73. The molecule has 5 rings (SSSR count). The van der Waals surface area contributed by atoms with E-state index in [1.807, 2.05) is 22.8 Å². The zero-order chi connectivity index (χ0) is 24.5. The van der Waals surface area contributed by atoms with E-state index in [9.17, 15) is 14.8 Å². The number of carbonyl (C=O) groups is 1. The molecule has 9 nitrogen and oxygen atoms in total. The highest BCUT2D eigenvalue weighted by atomic mass is 16.4. The Balaban J connectivity index is 1.59. The van der Waals surface area contributed by atoms with E-state index in [0.29, 0.717) is 23.5 Å². The van der Waals surface area contributed by atoms with Crippen LogP contribution < -0.4 is 22.2 Å². The molecule has 0 radical (unpaired) electrons. The van der Waals surface area contributed by atoms with Gasteiger partial charge in [-0.25, -0.2) is 4.98 Å². The number of benzene rings is 2. The summed E-state index contributed by atoms with van der Waals surface area (Å²) >= 11 is 0. The summed E-state index contributed by atoms with van der Waals surface area (Å²) in [6.45, 7) is 0.706. The molecule has 0 saturated heterocycles. The van der Waals surface area contributed by atoms with E-state index >= 15 is 0 Å². The number of amides is 1. The van der Waals surface area contributed by atoms with E-state index in [-0.39, 0.29) is 6.54 Å². The van der Waals surface area contributed by atoms with Gasteiger partial charge in [0.15, 0.2) is 0 Å². The van der Waals surface area contributed by atoms with Crippen molar-refractivity contribution in [2.45, 2.75) is 38.8 Å². The minimum atomic E-state index is -1.52. The Labute approximate surface area is 203 Å². The van der Waals surface area contributed by atoms with Crippen molar-refractivity contribution in [2.75, 3.05) is 5.32 Å². The Bertz CT molecular complexity index is 1420. The molecule has 0 bridgehead atoms. The zero-order valence-corrected chi connectivity index (χ0v) is 19.2. The maximum absolute atomic E-state index is 12.0. The topological polar surface area (TPSA) is 152 Å². The first kappa shape index (κ1) is 23.0. The van der Waals surface area contributed by atoms with Crippen LogP contribution in [0.5, 0.6) is 0 Å². The Morgan fingerprint density at radius 2 is 1.89 bits per heavy atom. The highest BCUT2D eigenvalue weighted by molar-refractivity contribution is 6.58. The summed E-state index contributed by atoms with van der Waals surface area (Å²) < 4.78 is 1.89. The van der Waals surface area contributed by atoms with Crippen molar-refractivity contribution in [2.24, 2.45) is 11.5 Å². The van der Waals surface area contributed by atoms with Gasteiger partial charge >= 0.3 is 7.12 Å². The molecule has 1 aliphatic carbocycles. The van der Waals surface area contributed by atoms with E-state index in [1.54, 1.807) is 30.3 Å². The smallest absolute Gasteiger partial charge is 0.423 e. The molecule has 10 heteroatoms. The molecule has 1 aliphatic rings. The molecule has 2 aromatic heterocycles. The molecule has 0 aliphatic heterocycles. The molecule has 178 valence electrons. The largest absolute Gasteiger partial charge is 0.488 e. The molecule has 2 aromatic carbocycles. The first-order valence-corrected chi connectivity index (χ1v) is 11.7. The number of rotatable bonds is 7. The van der Waals surface area contributed by atoms with Crippen LogP contribution >= 0.6 is 0 Å². The number of nitrogens with one attached hydrogen (secondary N) is 1. The molecular weight excluding hydrogens is 443 g/mol. The molecule has 2 heterocycles. The van der Waals surface area contributed by atoms with Crippen LogP contribution in [0, 0.1) is 0 Å². The van der Waals surface area contributed by atoms with Crippen LogP contribution in [0.25, 0.3) is 16.9 Å². The van der Waals surface area contributed by atoms with Gasteiger partial charge in [0.05, 0.1) is 11.2 Å². The summed E-state index contributed by atoms with van der Waals surface area (Å²) in [5.41, 5.74) is 17.1. The van der Waals surface area contributed by atoms with Gasteiger partial charge in [-0.3, -0.25) is 9.36 Å².